The molecule has 0 aliphatic rings. The van der Waals surface area contributed by atoms with Crippen LogP contribution in [0.3, 0.4) is 0 Å². The molecule has 0 amide bonds. The molecule has 2 rings (SSSR count). The van der Waals surface area contributed by atoms with Crippen LogP contribution >= 0.6 is 15.9 Å². The van der Waals surface area contributed by atoms with Crippen LogP contribution in [0.5, 0.6) is 5.75 Å². The highest BCUT2D eigenvalue weighted by molar-refractivity contribution is 9.10. The Labute approximate surface area is 127 Å². The summed E-state index contributed by atoms with van der Waals surface area (Å²) in [6.45, 7) is 4.58. The Morgan fingerprint density at radius 1 is 1.10 bits per heavy atom. The summed E-state index contributed by atoms with van der Waals surface area (Å²) in [5.41, 5.74) is 2.00. The lowest BCUT2D eigenvalue weighted by Gasteiger charge is -2.06. The van der Waals surface area contributed by atoms with E-state index in [1.54, 1.807) is 6.07 Å². The van der Waals surface area contributed by atoms with E-state index < -0.39 is 0 Å². The highest BCUT2D eigenvalue weighted by Gasteiger charge is 2.07. The second-order valence-electron chi connectivity index (χ2n) is 4.95. The molecular formula is C17H17BrO2. The van der Waals surface area contributed by atoms with E-state index in [4.69, 9.17) is 4.74 Å². The van der Waals surface area contributed by atoms with Gasteiger partial charge in [0.2, 0.25) is 5.43 Å². The Balaban J connectivity index is 2.31. The van der Waals surface area contributed by atoms with Crippen molar-refractivity contribution in [2.75, 3.05) is 0 Å². The van der Waals surface area contributed by atoms with Gasteiger partial charge in [-0.2, -0.15) is 0 Å². The summed E-state index contributed by atoms with van der Waals surface area (Å²) in [4.78, 5) is 12.2. The molecule has 3 heteroatoms. The fraction of sp³-hybridized carbons (Fsp3) is 0.235. The van der Waals surface area contributed by atoms with Crippen molar-refractivity contribution >= 4 is 15.9 Å². The average molecular weight is 333 g/mol. The lowest BCUT2D eigenvalue weighted by atomic mass is 10.1. The topological polar surface area (TPSA) is 26.3 Å². The zero-order valence-electron chi connectivity index (χ0n) is 11.6. The molecule has 0 saturated heterocycles. The van der Waals surface area contributed by atoms with Crippen molar-refractivity contribution in [3.63, 3.8) is 0 Å². The van der Waals surface area contributed by atoms with Gasteiger partial charge >= 0.3 is 0 Å². The van der Waals surface area contributed by atoms with Crippen LogP contribution in [0.15, 0.2) is 57.8 Å². The Kier molecular flexibility index (Phi) is 4.96. The van der Waals surface area contributed by atoms with E-state index in [1.165, 1.54) is 0 Å². The molecule has 0 aliphatic carbocycles. The maximum atomic E-state index is 12.2. The predicted molar refractivity (Wildman–Crippen MR) is 85.3 cm³/mol. The molecule has 2 aromatic carbocycles. The largest absolute Gasteiger partial charge is 0.485 e. The summed E-state index contributed by atoms with van der Waals surface area (Å²) in [5, 5.41) is 0. The summed E-state index contributed by atoms with van der Waals surface area (Å²) in [7, 11) is 0. The molecule has 0 unspecified atom stereocenters. The fourth-order valence-corrected chi connectivity index (χ4v) is 2.16. The van der Waals surface area contributed by atoms with Crippen LogP contribution in [0.4, 0.5) is 0 Å². The summed E-state index contributed by atoms with van der Waals surface area (Å²) < 4.78 is 6.23. The number of ether oxygens (including phenoxy) is 1. The zero-order valence-corrected chi connectivity index (χ0v) is 13.2. The molecule has 0 N–H and O–H groups in total. The maximum absolute atomic E-state index is 12.2. The molecule has 0 heterocycles. The van der Waals surface area contributed by atoms with Crippen LogP contribution in [0.2, 0.25) is 0 Å². The predicted octanol–water partition coefficient (Wildman–Crippen LogP) is 4.51. The Hall–Kier alpha value is -1.61. The zero-order chi connectivity index (χ0) is 14.5. The molecule has 0 saturated carbocycles. The highest BCUT2D eigenvalue weighted by atomic mass is 79.9. The van der Waals surface area contributed by atoms with Crippen molar-refractivity contribution in [3.8, 4) is 5.75 Å². The highest BCUT2D eigenvalue weighted by Crippen LogP contribution is 2.19. The second-order valence-corrected chi connectivity index (χ2v) is 5.80. The van der Waals surface area contributed by atoms with Crippen molar-refractivity contribution in [1.29, 1.82) is 0 Å². The maximum Gasteiger partial charge on any atom is 0.234 e. The van der Waals surface area contributed by atoms with Crippen LogP contribution in [-0.4, -0.2) is 0 Å². The van der Waals surface area contributed by atoms with Gasteiger partial charge in [0.25, 0.3) is 0 Å². The van der Waals surface area contributed by atoms with Crippen LogP contribution < -0.4 is 10.2 Å². The minimum atomic E-state index is -0.118. The summed E-state index contributed by atoms with van der Waals surface area (Å²) in [6, 6.07) is 15.4. The van der Waals surface area contributed by atoms with E-state index in [2.05, 4.69) is 29.8 Å². The van der Waals surface area contributed by atoms with E-state index in [0.717, 1.165) is 11.1 Å². The molecule has 2 aromatic rings. The number of hydrogen-bond acceptors (Lipinski definition) is 2. The molecule has 0 bridgehead atoms. The van der Waals surface area contributed by atoms with Gasteiger partial charge in [-0.25, -0.2) is 0 Å². The van der Waals surface area contributed by atoms with Gasteiger partial charge in [-0.15, -0.1) is 0 Å². The molecule has 2 nitrogen and oxygen atoms in total. The number of rotatable bonds is 4. The van der Waals surface area contributed by atoms with Gasteiger partial charge in [0.05, 0.1) is 4.47 Å². The third-order valence-electron chi connectivity index (χ3n) is 3.06. The van der Waals surface area contributed by atoms with E-state index in [1.807, 2.05) is 42.5 Å². The molecule has 0 atom stereocenters. The van der Waals surface area contributed by atoms with E-state index in [-0.39, 0.29) is 5.43 Å². The first-order valence-corrected chi connectivity index (χ1v) is 7.37. The minimum Gasteiger partial charge on any atom is -0.485 e. The van der Waals surface area contributed by atoms with Crippen molar-refractivity contribution < 1.29 is 4.74 Å². The van der Waals surface area contributed by atoms with Crippen molar-refractivity contribution in [3.05, 3.63) is 74.4 Å². The van der Waals surface area contributed by atoms with E-state index in [0.29, 0.717) is 22.7 Å². The Morgan fingerprint density at radius 2 is 1.80 bits per heavy atom. The third-order valence-corrected chi connectivity index (χ3v) is 3.69. The first-order valence-electron chi connectivity index (χ1n) is 6.58. The van der Waals surface area contributed by atoms with Gasteiger partial charge in [0, 0.05) is 0 Å². The number of benzene rings is 1. The average Bonchev–Trinajstić information content (AvgIpc) is 2.59. The van der Waals surface area contributed by atoms with Gasteiger partial charge in [-0.05, 0) is 45.1 Å². The molecule has 0 aliphatic heterocycles. The smallest absolute Gasteiger partial charge is 0.234 e. The molecule has 0 aromatic heterocycles. The fourth-order valence-electron chi connectivity index (χ4n) is 1.83. The number of halogens is 1. The first-order chi connectivity index (χ1) is 9.58. The van der Waals surface area contributed by atoms with E-state index in [9.17, 15) is 4.79 Å². The van der Waals surface area contributed by atoms with Crippen LogP contribution in [0.1, 0.15) is 30.9 Å². The minimum absolute atomic E-state index is 0.118. The quantitative estimate of drug-likeness (QED) is 0.823. The normalized spacial score (nSPS) is 10.6. The van der Waals surface area contributed by atoms with Gasteiger partial charge in [-0.3, -0.25) is 4.79 Å². The molecular weight excluding hydrogens is 316 g/mol. The van der Waals surface area contributed by atoms with Crippen LogP contribution in [0, 0.1) is 0 Å². The van der Waals surface area contributed by atoms with Gasteiger partial charge < -0.3 is 4.74 Å². The molecule has 0 spiro atoms. The van der Waals surface area contributed by atoms with Gasteiger partial charge in [0.15, 0.2) is 5.75 Å². The summed E-state index contributed by atoms with van der Waals surface area (Å²) in [6.07, 6.45) is 0. The second kappa shape index (κ2) is 6.71. The SMILES string of the molecule is CC(C)c1ccc(Br)c(=O)c(OCc2ccccc2)c1. The monoisotopic (exact) mass is 332 g/mol. The Bertz CT molecular complexity index is 636. The lowest BCUT2D eigenvalue weighted by molar-refractivity contribution is 0.303. The first kappa shape index (κ1) is 14.8. The molecule has 0 fully saturated rings. The van der Waals surface area contributed by atoms with Crippen LogP contribution in [-0.2, 0) is 6.61 Å². The van der Waals surface area contributed by atoms with Crippen LogP contribution in [0.25, 0.3) is 0 Å². The summed E-state index contributed by atoms with van der Waals surface area (Å²) in [5.74, 6) is 0.724. The molecule has 0 radical (unpaired) electrons. The number of hydrogen-bond donors (Lipinski definition) is 0. The van der Waals surface area contributed by atoms with E-state index >= 15 is 0 Å². The van der Waals surface area contributed by atoms with Gasteiger partial charge in [-0.1, -0.05) is 50.2 Å². The van der Waals surface area contributed by atoms with Crippen molar-refractivity contribution in [1.82, 2.24) is 0 Å². The third kappa shape index (κ3) is 3.70. The molecule has 20 heavy (non-hydrogen) atoms. The van der Waals surface area contributed by atoms with Gasteiger partial charge in [0.1, 0.15) is 6.61 Å². The Morgan fingerprint density at radius 3 is 2.45 bits per heavy atom. The summed E-state index contributed by atoms with van der Waals surface area (Å²) >= 11 is 3.29. The van der Waals surface area contributed by atoms with Crippen molar-refractivity contribution in [2.45, 2.75) is 26.4 Å². The standard InChI is InChI=1S/C17H17BrO2/c1-12(2)14-8-9-15(18)17(19)16(10-14)20-11-13-6-4-3-5-7-13/h3-10,12H,11H2,1-2H3. The van der Waals surface area contributed by atoms with Crippen molar-refractivity contribution in [2.24, 2.45) is 0 Å². The lowest BCUT2D eigenvalue weighted by Crippen LogP contribution is -2.06. The molecule has 104 valence electrons.